The molecule has 1 aromatic carbocycles. The van der Waals surface area contributed by atoms with Crippen molar-refractivity contribution in [1.29, 1.82) is 0 Å². The van der Waals surface area contributed by atoms with Crippen LogP contribution in [0.1, 0.15) is 30.1 Å². The van der Waals surface area contributed by atoms with Crippen LogP contribution < -0.4 is 10.6 Å². The number of hydrogen-bond donors (Lipinski definition) is 2. The molecular weight excluding hydrogens is 332 g/mol. The maximum absolute atomic E-state index is 12.1. The van der Waals surface area contributed by atoms with E-state index in [0.29, 0.717) is 11.5 Å². The molecule has 110 valence electrons. The lowest BCUT2D eigenvalue weighted by Crippen LogP contribution is -2.13. The van der Waals surface area contributed by atoms with Crippen molar-refractivity contribution in [2.24, 2.45) is 0 Å². The first-order chi connectivity index (χ1) is 10.2. The summed E-state index contributed by atoms with van der Waals surface area (Å²) in [6.45, 7) is 2.96. The summed E-state index contributed by atoms with van der Waals surface area (Å²) in [7, 11) is 0. The molecule has 0 atom stereocenters. The zero-order valence-corrected chi connectivity index (χ0v) is 13.4. The number of nitrogens with zero attached hydrogens (tertiary/aromatic N) is 2. The number of anilines is 2. The first-order valence-corrected chi connectivity index (χ1v) is 7.61. The second kappa shape index (κ2) is 7.73. The van der Waals surface area contributed by atoms with Crippen LogP contribution in [-0.4, -0.2) is 22.4 Å². The van der Waals surface area contributed by atoms with E-state index in [0.717, 1.165) is 29.5 Å². The highest BCUT2D eigenvalue weighted by Gasteiger charge is 2.07. The van der Waals surface area contributed by atoms with E-state index in [4.69, 9.17) is 0 Å². The molecule has 0 unspecified atom stereocenters. The average Bonchev–Trinajstić information content (AvgIpc) is 2.48. The first-order valence-electron chi connectivity index (χ1n) is 6.82. The third-order valence-corrected chi connectivity index (χ3v) is 3.30. The number of amides is 1. The number of nitrogens with one attached hydrogen (secondary N) is 2. The van der Waals surface area contributed by atoms with Crippen molar-refractivity contribution < 1.29 is 4.79 Å². The summed E-state index contributed by atoms with van der Waals surface area (Å²) in [4.78, 5) is 20.3. The Labute approximate surface area is 132 Å². The van der Waals surface area contributed by atoms with Crippen molar-refractivity contribution in [2.75, 3.05) is 17.2 Å². The largest absolute Gasteiger partial charge is 0.354 e. The van der Waals surface area contributed by atoms with E-state index < -0.39 is 0 Å². The van der Waals surface area contributed by atoms with E-state index in [1.807, 2.05) is 24.3 Å². The number of carbonyl (C=O) groups excluding carboxylic acids is 1. The average molecular weight is 349 g/mol. The van der Waals surface area contributed by atoms with Crippen molar-refractivity contribution >= 4 is 33.5 Å². The topological polar surface area (TPSA) is 66.9 Å². The lowest BCUT2D eigenvalue weighted by molar-refractivity contribution is 0.102. The zero-order chi connectivity index (χ0) is 15.1. The van der Waals surface area contributed by atoms with Gasteiger partial charge in [-0.1, -0.05) is 35.3 Å². The summed E-state index contributed by atoms with van der Waals surface area (Å²) >= 11 is 3.36. The Kier molecular flexibility index (Phi) is 5.68. The molecule has 1 amide bonds. The van der Waals surface area contributed by atoms with E-state index in [2.05, 4.69) is 43.5 Å². The van der Waals surface area contributed by atoms with Crippen LogP contribution in [0.5, 0.6) is 0 Å². The van der Waals surface area contributed by atoms with Crippen LogP contribution in [0, 0.1) is 0 Å². The normalized spacial score (nSPS) is 10.2. The van der Waals surface area contributed by atoms with Gasteiger partial charge in [-0.25, -0.2) is 9.97 Å². The number of benzene rings is 1. The Bertz CT molecular complexity index is 601. The van der Waals surface area contributed by atoms with Gasteiger partial charge in [0, 0.05) is 29.1 Å². The Morgan fingerprint density at radius 3 is 2.71 bits per heavy atom. The monoisotopic (exact) mass is 348 g/mol. The molecule has 0 bridgehead atoms. The molecule has 2 aromatic rings. The number of hydrogen-bond acceptors (Lipinski definition) is 4. The fourth-order valence-electron chi connectivity index (χ4n) is 1.68. The SMILES string of the molecule is CCCCNc1ncc(C(=O)Nc2cccc(Br)c2)cn1. The predicted molar refractivity (Wildman–Crippen MR) is 87.5 cm³/mol. The van der Waals surface area contributed by atoms with Gasteiger partial charge in [0.25, 0.3) is 5.91 Å². The standard InChI is InChI=1S/C15H17BrN4O/c1-2-3-7-17-15-18-9-11(10-19-15)14(21)20-13-6-4-5-12(16)8-13/h4-6,8-10H,2-3,7H2,1H3,(H,20,21)(H,17,18,19). The van der Waals surface area contributed by atoms with Gasteiger partial charge in [-0.2, -0.15) is 0 Å². The molecule has 0 fully saturated rings. The highest BCUT2D eigenvalue weighted by molar-refractivity contribution is 9.10. The van der Waals surface area contributed by atoms with E-state index in [1.54, 1.807) is 0 Å². The third-order valence-electron chi connectivity index (χ3n) is 2.81. The van der Waals surface area contributed by atoms with Crippen molar-refractivity contribution in [3.05, 3.63) is 46.7 Å². The zero-order valence-electron chi connectivity index (χ0n) is 11.8. The molecule has 0 saturated heterocycles. The van der Waals surface area contributed by atoms with Gasteiger partial charge in [0.15, 0.2) is 0 Å². The van der Waals surface area contributed by atoms with Crippen LogP contribution in [0.3, 0.4) is 0 Å². The van der Waals surface area contributed by atoms with Gasteiger partial charge < -0.3 is 10.6 Å². The molecule has 1 heterocycles. The number of unbranched alkanes of at least 4 members (excludes halogenated alkanes) is 1. The second-order valence-corrected chi connectivity index (χ2v) is 5.46. The Hall–Kier alpha value is -1.95. The molecule has 0 aliphatic heterocycles. The lowest BCUT2D eigenvalue weighted by atomic mass is 10.3. The van der Waals surface area contributed by atoms with Crippen molar-refractivity contribution in [3.63, 3.8) is 0 Å². The Balaban J connectivity index is 1.96. The summed E-state index contributed by atoms with van der Waals surface area (Å²) in [6.07, 6.45) is 5.22. The predicted octanol–water partition coefficient (Wildman–Crippen LogP) is 3.70. The highest BCUT2D eigenvalue weighted by Crippen LogP contribution is 2.16. The van der Waals surface area contributed by atoms with Crippen LogP contribution in [0.4, 0.5) is 11.6 Å². The fourth-order valence-corrected chi connectivity index (χ4v) is 2.08. The second-order valence-electron chi connectivity index (χ2n) is 4.54. The molecule has 0 saturated carbocycles. The van der Waals surface area contributed by atoms with Crippen molar-refractivity contribution in [3.8, 4) is 0 Å². The smallest absolute Gasteiger partial charge is 0.258 e. The summed E-state index contributed by atoms with van der Waals surface area (Å²) in [5, 5.41) is 5.91. The summed E-state index contributed by atoms with van der Waals surface area (Å²) in [6, 6.07) is 7.41. The van der Waals surface area contributed by atoms with E-state index in [-0.39, 0.29) is 5.91 Å². The molecule has 21 heavy (non-hydrogen) atoms. The number of aromatic nitrogens is 2. The summed E-state index contributed by atoms with van der Waals surface area (Å²) in [5.41, 5.74) is 1.15. The van der Waals surface area contributed by atoms with Gasteiger partial charge in [0.05, 0.1) is 5.56 Å². The van der Waals surface area contributed by atoms with Gasteiger partial charge in [-0.15, -0.1) is 0 Å². The van der Waals surface area contributed by atoms with Gasteiger partial charge in [0.1, 0.15) is 0 Å². The van der Waals surface area contributed by atoms with Crippen LogP contribution in [0.25, 0.3) is 0 Å². The maximum Gasteiger partial charge on any atom is 0.258 e. The maximum atomic E-state index is 12.1. The molecule has 0 radical (unpaired) electrons. The molecule has 2 N–H and O–H groups in total. The molecule has 0 aliphatic carbocycles. The number of rotatable bonds is 6. The first kappa shape index (κ1) is 15.4. The highest BCUT2D eigenvalue weighted by atomic mass is 79.9. The fraction of sp³-hybridized carbons (Fsp3) is 0.267. The number of halogens is 1. The van der Waals surface area contributed by atoms with Gasteiger partial charge in [-0.05, 0) is 24.6 Å². The molecule has 0 spiro atoms. The molecule has 5 nitrogen and oxygen atoms in total. The minimum atomic E-state index is -0.229. The molecular formula is C15H17BrN4O. The quantitative estimate of drug-likeness (QED) is 0.781. The summed E-state index contributed by atoms with van der Waals surface area (Å²) in [5.74, 6) is 0.315. The molecule has 2 rings (SSSR count). The van der Waals surface area contributed by atoms with Crippen LogP contribution in [0.2, 0.25) is 0 Å². The van der Waals surface area contributed by atoms with Gasteiger partial charge >= 0.3 is 0 Å². The Morgan fingerprint density at radius 2 is 2.05 bits per heavy atom. The van der Waals surface area contributed by atoms with Crippen LogP contribution in [0.15, 0.2) is 41.1 Å². The van der Waals surface area contributed by atoms with E-state index in [1.165, 1.54) is 12.4 Å². The van der Waals surface area contributed by atoms with E-state index >= 15 is 0 Å². The van der Waals surface area contributed by atoms with Crippen LogP contribution in [-0.2, 0) is 0 Å². The third kappa shape index (κ3) is 4.82. The van der Waals surface area contributed by atoms with Gasteiger partial charge in [0.2, 0.25) is 5.95 Å². The minimum absolute atomic E-state index is 0.229. The summed E-state index contributed by atoms with van der Waals surface area (Å²) < 4.78 is 0.909. The minimum Gasteiger partial charge on any atom is -0.354 e. The van der Waals surface area contributed by atoms with E-state index in [9.17, 15) is 4.79 Å². The molecule has 1 aromatic heterocycles. The Morgan fingerprint density at radius 1 is 1.29 bits per heavy atom. The van der Waals surface area contributed by atoms with Gasteiger partial charge in [-0.3, -0.25) is 4.79 Å². The lowest BCUT2D eigenvalue weighted by Gasteiger charge is -2.06. The van der Waals surface area contributed by atoms with Crippen molar-refractivity contribution in [1.82, 2.24) is 9.97 Å². The van der Waals surface area contributed by atoms with Crippen molar-refractivity contribution in [2.45, 2.75) is 19.8 Å². The van der Waals surface area contributed by atoms with Crippen LogP contribution >= 0.6 is 15.9 Å². The molecule has 0 aliphatic rings. The number of carbonyl (C=O) groups is 1. The molecule has 6 heteroatoms.